The van der Waals surface area contributed by atoms with Crippen molar-refractivity contribution in [1.82, 2.24) is 0 Å². The van der Waals surface area contributed by atoms with E-state index in [1.165, 1.54) is 6.07 Å². The van der Waals surface area contributed by atoms with E-state index in [1.54, 1.807) is 13.0 Å². The van der Waals surface area contributed by atoms with Crippen LogP contribution >= 0.6 is 24.0 Å². The van der Waals surface area contributed by atoms with Gasteiger partial charge in [-0.2, -0.15) is 0 Å². The topological polar surface area (TPSA) is 46.2 Å². The van der Waals surface area contributed by atoms with Gasteiger partial charge in [-0.05, 0) is 25.0 Å². The van der Waals surface area contributed by atoms with Crippen molar-refractivity contribution < 1.29 is 9.50 Å². The van der Waals surface area contributed by atoms with Crippen LogP contribution in [0.4, 0.5) is 4.39 Å². The molecule has 1 aromatic carbocycles. The first-order valence-corrected chi connectivity index (χ1v) is 6.25. The summed E-state index contributed by atoms with van der Waals surface area (Å²) < 4.78 is 13.7. The normalized spacial score (nSPS) is 13.9. The molecule has 0 aromatic heterocycles. The number of aryl methyl sites for hydroxylation is 1. The lowest BCUT2D eigenvalue weighted by Gasteiger charge is -2.21. The van der Waals surface area contributed by atoms with Crippen LogP contribution in [0, 0.1) is 12.7 Å². The van der Waals surface area contributed by atoms with Gasteiger partial charge in [-0.25, -0.2) is 4.39 Å². The van der Waals surface area contributed by atoms with Gasteiger partial charge in [0.1, 0.15) is 5.82 Å². The monoisotopic (exact) mass is 295 g/mol. The summed E-state index contributed by atoms with van der Waals surface area (Å²) in [5.74, 6) is -0.455. The zero-order chi connectivity index (χ0) is 13.0. The second-order valence-corrected chi connectivity index (χ2v) is 4.71. The van der Waals surface area contributed by atoms with Gasteiger partial charge in [-0.1, -0.05) is 37.4 Å². The molecule has 0 bridgehead atoms. The molecule has 18 heavy (non-hydrogen) atoms. The number of aliphatic hydroxyl groups excluding tert-OH is 1. The van der Waals surface area contributed by atoms with Crippen molar-refractivity contribution in [2.75, 3.05) is 0 Å². The van der Waals surface area contributed by atoms with Crippen molar-refractivity contribution in [2.24, 2.45) is 5.73 Å². The number of nitrogens with two attached hydrogens (primary N) is 1. The minimum atomic E-state index is -0.769. The third-order valence-electron chi connectivity index (χ3n) is 2.92. The van der Waals surface area contributed by atoms with Crippen LogP contribution in [-0.4, -0.2) is 11.2 Å². The molecule has 0 saturated heterocycles. The largest absolute Gasteiger partial charge is 0.391 e. The number of rotatable bonds is 5. The molecule has 0 spiro atoms. The van der Waals surface area contributed by atoms with E-state index in [2.05, 4.69) is 0 Å². The Balaban J connectivity index is 0.00000289. The number of hydrogen-bond donors (Lipinski definition) is 2. The van der Waals surface area contributed by atoms with Gasteiger partial charge in [0.25, 0.3) is 0 Å². The molecule has 104 valence electrons. The van der Waals surface area contributed by atoms with E-state index in [9.17, 15) is 9.50 Å². The highest BCUT2D eigenvalue weighted by atomic mass is 35.5. The van der Waals surface area contributed by atoms with Gasteiger partial charge in [-0.15, -0.1) is 12.4 Å². The summed E-state index contributed by atoms with van der Waals surface area (Å²) >= 11 is 6.04. The first-order chi connectivity index (χ1) is 7.99. The molecule has 0 fully saturated rings. The molecule has 1 aromatic rings. The molecule has 1 rings (SSSR count). The summed E-state index contributed by atoms with van der Waals surface area (Å²) in [5, 5.41) is 10.2. The standard InChI is InChI=1S/C13H19ClFNO.ClH/c1-3-4-5-10(17)13(16)11-9(15)7-6-8(2)12(11)14;/h6-7,10,13,17H,3-5,16H2,1-2H3;1H/t10-,13-;/m1./s1. The smallest absolute Gasteiger partial charge is 0.129 e. The molecule has 3 N–H and O–H groups in total. The minimum Gasteiger partial charge on any atom is -0.391 e. The Morgan fingerprint density at radius 2 is 2.06 bits per heavy atom. The van der Waals surface area contributed by atoms with Crippen molar-refractivity contribution >= 4 is 24.0 Å². The molecule has 0 radical (unpaired) electrons. The van der Waals surface area contributed by atoms with Crippen molar-refractivity contribution in [3.05, 3.63) is 34.1 Å². The average Bonchev–Trinajstić information content (AvgIpc) is 2.31. The lowest BCUT2D eigenvalue weighted by molar-refractivity contribution is 0.131. The van der Waals surface area contributed by atoms with E-state index in [4.69, 9.17) is 17.3 Å². The van der Waals surface area contributed by atoms with Gasteiger partial charge in [0.15, 0.2) is 0 Å². The Morgan fingerprint density at radius 3 is 2.61 bits per heavy atom. The first-order valence-electron chi connectivity index (χ1n) is 5.87. The van der Waals surface area contributed by atoms with E-state index in [1.807, 2.05) is 6.92 Å². The molecule has 2 nitrogen and oxygen atoms in total. The molecule has 5 heteroatoms. The summed E-state index contributed by atoms with van der Waals surface area (Å²) in [7, 11) is 0. The third-order valence-corrected chi connectivity index (χ3v) is 3.42. The molecule has 0 saturated carbocycles. The van der Waals surface area contributed by atoms with Gasteiger partial charge >= 0.3 is 0 Å². The molecule has 0 unspecified atom stereocenters. The second kappa shape index (κ2) is 7.95. The van der Waals surface area contributed by atoms with Gasteiger partial charge in [0, 0.05) is 5.56 Å². The quantitative estimate of drug-likeness (QED) is 0.869. The maximum atomic E-state index is 13.7. The highest BCUT2D eigenvalue weighted by Crippen LogP contribution is 2.30. The predicted octanol–water partition coefficient (Wildman–Crippen LogP) is 3.76. The lowest BCUT2D eigenvalue weighted by Crippen LogP contribution is -2.27. The maximum Gasteiger partial charge on any atom is 0.129 e. The Morgan fingerprint density at radius 1 is 1.44 bits per heavy atom. The molecule has 0 amide bonds. The zero-order valence-corrected chi connectivity index (χ0v) is 12.2. The molecule has 0 aliphatic carbocycles. The average molecular weight is 296 g/mol. The number of hydrogen-bond acceptors (Lipinski definition) is 2. The van der Waals surface area contributed by atoms with E-state index in [0.717, 1.165) is 18.4 Å². The van der Waals surface area contributed by atoms with Crippen LogP contribution in [0.15, 0.2) is 12.1 Å². The van der Waals surface area contributed by atoms with E-state index in [0.29, 0.717) is 11.4 Å². The number of aliphatic hydroxyl groups is 1. The molecular formula is C13H20Cl2FNO. The van der Waals surface area contributed by atoms with Crippen LogP contribution in [0.2, 0.25) is 5.02 Å². The first kappa shape index (κ1) is 17.6. The molecule has 0 aliphatic rings. The Labute approximate surface area is 119 Å². The Bertz CT molecular complexity index is 387. The maximum absolute atomic E-state index is 13.7. The van der Waals surface area contributed by atoms with Gasteiger partial charge in [0.05, 0.1) is 17.2 Å². The Hall–Kier alpha value is -0.350. The lowest BCUT2D eigenvalue weighted by atomic mass is 9.96. The summed E-state index contributed by atoms with van der Waals surface area (Å²) in [5.41, 5.74) is 6.86. The van der Waals surface area contributed by atoms with Crippen LogP contribution in [-0.2, 0) is 0 Å². The third kappa shape index (κ3) is 4.09. The number of unbranched alkanes of at least 4 members (excludes halogenated alkanes) is 1. The van der Waals surface area contributed by atoms with Gasteiger partial charge in [-0.3, -0.25) is 0 Å². The highest BCUT2D eigenvalue weighted by Gasteiger charge is 2.23. The van der Waals surface area contributed by atoms with Crippen LogP contribution in [0.1, 0.15) is 43.4 Å². The summed E-state index contributed by atoms with van der Waals surface area (Å²) in [6.45, 7) is 3.81. The summed E-state index contributed by atoms with van der Waals surface area (Å²) in [4.78, 5) is 0. The van der Waals surface area contributed by atoms with E-state index in [-0.39, 0.29) is 18.0 Å². The van der Waals surface area contributed by atoms with Crippen LogP contribution < -0.4 is 5.73 Å². The second-order valence-electron chi connectivity index (χ2n) is 4.33. The predicted molar refractivity (Wildman–Crippen MR) is 75.9 cm³/mol. The Kier molecular flexibility index (Phi) is 7.79. The number of halogens is 3. The fraction of sp³-hybridized carbons (Fsp3) is 0.538. The van der Waals surface area contributed by atoms with Crippen LogP contribution in [0.5, 0.6) is 0 Å². The van der Waals surface area contributed by atoms with Crippen LogP contribution in [0.25, 0.3) is 0 Å². The zero-order valence-electron chi connectivity index (χ0n) is 10.6. The summed E-state index contributed by atoms with van der Waals surface area (Å²) in [6, 6.07) is 2.17. The van der Waals surface area contributed by atoms with Crippen molar-refractivity contribution in [2.45, 2.75) is 45.3 Å². The van der Waals surface area contributed by atoms with Gasteiger partial charge in [0.2, 0.25) is 0 Å². The molecular weight excluding hydrogens is 276 g/mol. The minimum absolute atomic E-state index is 0. The van der Waals surface area contributed by atoms with E-state index >= 15 is 0 Å². The van der Waals surface area contributed by atoms with E-state index < -0.39 is 18.0 Å². The molecule has 2 atom stereocenters. The fourth-order valence-corrected chi connectivity index (χ4v) is 2.05. The van der Waals surface area contributed by atoms with Crippen LogP contribution in [0.3, 0.4) is 0 Å². The van der Waals surface area contributed by atoms with Crippen molar-refractivity contribution in [1.29, 1.82) is 0 Å². The highest BCUT2D eigenvalue weighted by molar-refractivity contribution is 6.32. The van der Waals surface area contributed by atoms with Crippen molar-refractivity contribution in [3.8, 4) is 0 Å². The van der Waals surface area contributed by atoms with Gasteiger partial charge < -0.3 is 10.8 Å². The molecule has 0 aliphatic heterocycles. The summed E-state index contributed by atoms with van der Waals surface area (Å²) in [6.07, 6.45) is 1.62. The fourth-order valence-electron chi connectivity index (χ4n) is 1.77. The SMILES string of the molecule is CCCC[C@@H](O)[C@@H](N)c1c(F)ccc(C)c1Cl.Cl. The molecule has 0 heterocycles. The number of benzene rings is 1. The van der Waals surface area contributed by atoms with Crippen molar-refractivity contribution in [3.63, 3.8) is 0 Å².